The number of piperazine rings is 1. The van der Waals surface area contributed by atoms with E-state index in [-0.39, 0.29) is 11.9 Å². The Balaban J connectivity index is 1.25. The van der Waals surface area contributed by atoms with E-state index in [1.54, 1.807) is 7.11 Å². The molecular formula is C27H25N3O2. The van der Waals surface area contributed by atoms with E-state index in [1.807, 2.05) is 41.4 Å². The van der Waals surface area contributed by atoms with Crippen LogP contribution >= 0.6 is 0 Å². The Morgan fingerprint density at radius 1 is 0.938 bits per heavy atom. The molecule has 0 bridgehead atoms. The van der Waals surface area contributed by atoms with Crippen LogP contribution in [0.2, 0.25) is 0 Å². The predicted octanol–water partition coefficient (Wildman–Crippen LogP) is 4.70. The minimum Gasteiger partial charge on any atom is -0.496 e. The lowest BCUT2D eigenvalue weighted by atomic mass is 10.0. The van der Waals surface area contributed by atoms with Crippen molar-refractivity contribution in [3.8, 4) is 16.9 Å². The van der Waals surface area contributed by atoms with Crippen LogP contribution in [0.15, 0.2) is 72.9 Å². The Hall–Kier alpha value is -3.57. The van der Waals surface area contributed by atoms with Crippen LogP contribution in [0.3, 0.4) is 0 Å². The van der Waals surface area contributed by atoms with Crippen molar-refractivity contribution in [3.05, 3.63) is 89.6 Å². The third-order valence-corrected chi connectivity index (χ3v) is 6.86. The molecular weight excluding hydrogens is 398 g/mol. The summed E-state index contributed by atoms with van der Waals surface area (Å²) in [6.07, 6.45) is 1.91. The quantitative estimate of drug-likeness (QED) is 0.519. The molecule has 1 fully saturated rings. The van der Waals surface area contributed by atoms with Crippen molar-refractivity contribution in [2.45, 2.75) is 6.04 Å². The molecule has 0 radical (unpaired) electrons. The molecule has 1 amide bonds. The first-order valence-electron chi connectivity index (χ1n) is 11.1. The van der Waals surface area contributed by atoms with Gasteiger partial charge in [0.15, 0.2) is 0 Å². The van der Waals surface area contributed by atoms with Crippen molar-refractivity contribution >= 4 is 16.8 Å². The minimum atomic E-state index is 0.113. The fourth-order valence-electron chi connectivity index (χ4n) is 5.31. The average molecular weight is 424 g/mol. The number of aromatic nitrogens is 1. The maximum Gasteiger partial charge on any atom is 0.253 e. The summed E-state index contributed by atoms with van der Waals surface area (Å²) in [7, 11) is 1.74. The highest BCUT2D eigenvalue weighted by Gasteiger charge is 2.36. The molecule has 160 valence electrons. The number of fused-ring (bicyclic) bond motifs is 4. The first-order chi connectivity index (χ1) is 15.7. The summed E-state index contributed by atoms with van der Waals surface area (Å²) in [6.45, 7) is 3.13. The van der Waals surface area contributed by atoms with Crippen LogP contribution in [-0.4, -0.2) is 54.0 Å². The SMILES string of the molecule is COc1cccc2c1-c1ccccc1C2N1CCN(C(=O)c2ccc3[nH]ccc3c2)CC1. The number of methoxy groups -OCH3 is 1. The highest BCUT2D eigenvalue weighted by Crippen LogP contribution is 2.50. The zero-order valence-electron chi connectivity index (χ0n) is 18.0. The molecule has 0 saturated carbocycles. The predicted molar refractivity (Wildman–Crippen MR) is 126 cm³/mol. The lowest BCUT2D eigenvalue weighted by Gasteiger charge is -2.38. The van der Waals surface area contributed by atoms with Crippen LogP contribution in [0.1, 0.15) is 27.5 Å². The number of aromatic amines is 1. The number of amides is 1. The maximum absolute atomic E-state index is 13.2. The van der Waals surface area contributed by atoms with Gasteiger partial charge in [0.1, 0.15) is 5.75 Å². The van der Waals surface area contributed by atoms with E-state index < -0.39 is 0 Å². The van der Waals surface area contributed by atoms with E-state index >= 15 is 0 Å². The second-order valence-corrected chi connectivity index (χ2v) is 8.52. The second kappa shape index (κ2) is 7.53. The van der Waals surface area contributed by atoms with E-state index in [0.717, 1.165) is 48.4 Å². The van der Waals surface area contributed by atoms with Gasteiger partial charge in [-0.1, -0.05) is 36.4 Å². The summed E-state index contributed by atoms with van der Waals surface area (Å²) in [6, 6.07) is 23.0. The number of hydrogen-bond acceptors (Lipinski definition) is 3. The van der Waals surface area contributed by atoms with E-state index in [1.165, 1.54) is 22.3 Å². The molecule has 3 aromatic carbocycles. The van der Waals surface area contributed by atoms with Gasteiger partial charge in [0, 0.05) is 54.4 Å². The summed E-state index contributed by atoms with van der Waals surface area (Å²) in [5.74, 6) is 1.04. The molecule has 4 aromatic rings. The van der Waals surface area contributed by atoms with Crippen molar-refractivity contribution in [1.29, 1.82) is 0 Å². The molecule has 1 unspecified atom stereocenters. The van der Waals surface area contributed by atoms with Gasteiger partial charge in [0.05, 0.1) is 13.2 Å². The summed E-state index contributed by atoms with van der Waals surface area (Å²) >= 11 is 0. The Kier molecular flexibility index (Phi) is 4.51. The van der Waals surface area contributed by atoms with Crippen LogP contribution in [0.4, 0.5) is 0 Å². The number of nitrogens with one attached hydrogen (secondary N) is 1. The molecule has 1 aliphatic heterocycles. The molecule has 2 aliphatic rings. The molecule has 1 atom stereocenters. The summed E-state index contributed by atoms with van der Waals surface area (Å²) in [5, 5.41) is 1.07. The first kappa shape index (κ1) is 19.1. The third kappa shape index (κ3) is 2.93. The number of hydrogen-bond donors (Lipinski definition) is 1. The van der Waals surface area contributed by atoms with E-state index in [0.29, 0.717) is 0 Å². The van der Waals surface area contributed by atoms with Crippen LogP contribution in [-0.2, 0) is 0 Å². The van der Waals surface area contributed by atoms with Gasteiger partial charge in [-0.25, -0.2) is 0 Å². The third-order valence-electron chi connectivity index (χ3n) is 6.86. The molecule has 1 saturated heterocycles. The van der Waals surface area contributed by atoms with Gasteiger partial charge in [-0.15, -0.1) is 0 Å². The fraction of sp³-hybridized carbons (Fsp3) is 0.222. The minimum absolute atomic E-state index is 0.113. The van der Waals surface area contributed by atoms with Gasteiger partial charge in [-0.05, 0) is 47.0 Å². The summed E-state index contributed by atoms with van der Waals surface area (Å²) in [4.78, 5) is 20.8. The van der Waals surface area contributed by atoms with Crippen LogP contribution in [0.5, 0.6) is 5.75 Å². The number of carbonyl (C=O) groups excluding carboxylic acids is 1. The zero-order chi connectivity index (χ0) is 21.7. The monoisotopic (exact) mass is 423 g/mol. The molecule has 32 heavy (non-hydrogen) atoms. The molecule has 1 aromatic heterocycles. The van der Waals surface area contributed by atoms with E-state index in [9.17, 15) is 4.79 Å². The van der Waals surface area contributed by atoms with Gasteiger partial charge < -0.3 is 14.6 Å². The molecule has 1 aliphatic carbocycles. The first-order valence-corrected chi connectivity index (χ1v) is 11.1. The Morgan fingerprint density at radius 3 is 2.59 bits per heavy atom. The van der Waals surface area contributed by atoms with Crippen LogP contribution < -0.4 is 4.74 Å². The largest absolute Gasteiger partial charge is 0.496 e. The number of nitrogens with zero attached hydrogens (tertiary/aromatic N) is 2. The normalized spacial score (nSPS) is 17.9. The van der Waals surface area contributed by atoms with Crippen molar-refractivity contribution in [1.82, 2.24) is 14.8 Å². The van der Waals surface area contributed by atoms with Crippen molar-refractivity contribution in [2.24, 2.45) is 0 Å². The highest BCUT2D eigenvalue weighted by molar-refractivity contribution is 5.98. The Bertz CT molecular complexity index is 1320. The molecule has 1 N–H and O–H groups in total. The average Bonchev–Trinajstić information content (AvgIpc) is 3.45. The van der Waals surface area contributed by atoms with Gasteiger partial charge >= 0.3 is 0 Å². The van der Waals surface area contributed by atoms with Gasteiger partial charge in [-0.2, -0.15) is 0 Å². The molecule has 6 rings (SSSR count). The van der Waals surface area contributed by atoms with Crippen molar-refractivity contribution in [3.63, 3.8) is 0 Å². The molecule has 5 nitrogen and oxygen atoms in total. The zero-order valence-corrected chi connectivity index (χ0v) is 18.0. The number of H-pyrrole nitrogens is 1. The van der Waals surface area contributed by atoms with E-state index in [4.69, 9.17) is 4.74 Å². The molecule has 2 heterocycles. The van der Waals surface area contributed by atoms with Gasteiger partial charge in [-0.3, -0.25) is 9.69 Å². The van der Waals surface area contributed by atoms with Crippen molar-refractivity contribution in [2.75, 3.05) is 33.3 Å². The molecule has 0 spiro atoms. The Morgan fingerprint density at radius 2 is 1.75 bits per heavy atom. The number of ether oxygens (including phenoxy) is 1. The lowest BCUT2D eigenvalue weighted by Crippen LogP contribution is -2.49. The van der Waals surface area contributed by atoms with Crippen LogP contribution in [0.25, 0.3) is 22.0 Å². The van der Waals surface area contributed by atoms with Gasteiger partial charge in [0.2, 0.25) is 0 Å². The summed E-state index contributed by atoms with van der Waals surface area (Å²) in [5.41, 5.74) is 6.89. The standard InChI is InChI=1S/C27H25N3O2/c1-32-24-8-4-7-22-25(24)20-5-2-3-6-21(20)26(22)29-13-15-30(16-14-29)27(31)19-9-10-23-18(17-19)11-12-28-23/h2-12,17,26,28H,13-16H2,1H3. The number of carbonyl (C=O) groups is 1. The fourth-order valence-corrected chi connectivity index (χ4v) is 5.31. The highest BCUT2D eigenvalue weighted by atomic mass is 16.5. The van der Waals surface area contributed by atoms with Crippen LogP contribution in [0, 0.1) is 0 Å². The second-order valence-electron chi connectivity index (χ2n) is 8.52. The van der Waals surface area contributed by atoms with E-state index in [2.05, 4.69) is 46.3 Å². The lowest BCUT2D eigenvalue weighted by molar-refractivity contribution is 0.0600. The summed E-state index contributed by atoms with van der Waals surface area (Å²) < 4.78 is 5.70. The molecule has 5 heteroatoms. The smallest absolute Gasteiger partial charge is 0.253 e. The number of rotatable bonds is 3. The van der Waals surface area contributed by atoms with Crippen molar-refractivity contribution < 1.29 is 9.53 Å². The maximum atomic E-state index is 13.2. The number of benzene rings is 3. The topological polar surface area (TPSA) is 48.6 Å². The van der Waals surface area contributed by atoms with Gasteiger partial charge in [0.25, 0.3) is 5.91 Å². The Labute approximate surface area is 187 Å².